The highest BCUT2D eigenvalue weighted by Crippen LogP contribution is 2.37. The molecule has 1 N–H and O–H groups in total. The molecule has 0 radical (unpaired) electrons. The number of pyridine rings is 1. The summed E-state index contributed by atoms with van der Waals surface area (Å²) in [6.07, 6.45) is 2.67. The molecule has 40 heavy (non-hydrogen) atoms. The van der Waals surface area contributed by atoms with Gasteiger partial charge in [-0.15, -0.1) is 0 Å². The summed E-state index contributed by atoms with van der Waals surface area (Å²) >= 11 is 6.40. The molecule has 5 atom stereocenters. The Bertz CT molecular complexity index is 1160. The van der Waals surface area contributed by atoms with Crippen LogP contribution in [-0.2, 0) is 14.3 Å². The van der Waals surface area contributed by atoms with Crippen molar-refractivity contribution in [1.82, 2.24) is 4.98 Å². The highest BCUT2D eigenvalue weighted by Gasteiger charge is 2.41. The molecule has 0 saturated carbocycles. The number of hydrogen-bond acceptors (Lipinski definition) is 8. The number of carboxylic acids is 1. The summed E-state index contributed by atoms with van der Waals surface area (Å²) < 4.78 is 38.1. The number of methoxy groups -OCH3 is 2. The molecule has 3 heterocycles. The zero-order chi connectivity index (χ0) is 28.8. The largest absolute Gasteiger partial charge is 0.490 e. The van der Waals surface area contributed by atoms with Crippen molar-refractivity contribution in [2.45, 2.75) is 51.4 Å². The lowest BCUT2D eigenvalue weighted by Gasteiger charge is -2.38. The summed E-state index contributed by atoms with van der Waals surface area (Å²) in [6.45, 7) is 7.01. The Kier molecular flexibility index (Phi) is 10.3. The molecule has 11 heteroatoms. The number of aliphatic carboxylic acids is 1. The first-order chi connectivity index (χ1) is 19.2. The SMILES string of the molecule is COCCCOC1CN(c2ccc(OC3CCN(c4cc(OC)ncc4Cl)CC3C)cc2F)C(CC(=O)O)C1C. The van der Waals surface area contributed by atoms with Gasteiger partial charge in [0.1, 0.15) is 17.7 Å². The summed E-state index contributed by atoms with van der Waals surface area (Å²) in [5, 5.41) is 10.1. The maximum absolute atomic E-state index is 15.5. The van der Waals surface area contributed by atoms with Crippen molar-refractivity contribution in [1.29, 1.82) is 0 Å². The summed E-state index contributed by atoms with van der Waals surface area (Å²) in [5.41, 5.74) is 1.23. The Hall–Kier alpha value is -2.82. The predicted octanol–water partition coefficient (Wildman–Crippen LogP) is 4.90. The second-order valence-electron chi connectivity index (χ2n) is 10.6. The minimum Gasteiger partial charge on any atom is -0.490 e. The molecule has 2 aliphatic rings. The van der Waals surface area contributed by atoms with E-state index in [1.54, 1.807) is 32.5 Å². The number of halogens is 2. The van der Waals surface area contributed by atoms with E-state index in [-0.39, 0.29) is 36.5 Å². The van der Waals surface area contributed by atoms with Crippen molar-refractivity contribution >= 4 is 28.9 Å². The number of piperidine rings is 1. The van der Waals surface area contributed by atoms with Gasteiger partial charge in [0.25, 0.3) is 0 Å². The van der Waals surface area contributed by atoms with E-state index in [0.717, 1.165) is 25.1 Å². The Morgan fingerprint density at radius 1 is 1.15 bits per heavy atom. The average molecular weight is 580 g/mol. The molecule has 2 aliphatic heterocycles. The molecular weight excluding hydrogens is 541 g/mol. The summed E-state index contributed by atoms with van der Waals surface area (Å²) in [5.74, 6) is -0.335. The first kappa shape index (κ1) is 30.1. The standard InChI is InChI=1S/C29H39ClFN3O6/c1-18-16-33(25-13-28(38-4)32-15-21(25)30)9-8-26(18)40-20-6-7-23(22(31)12-20)34-17-27(39-11-5-10-37-3)19(2)24(34)14-29(35)36/h6-7,12-13,15,18-19,24,26-27H,5,8-11,14,16-17H2,1-4H3,(H,35,36). The van der Waals surface area contributed by atoms with E-state index in [9.17, 15) is 9.90 Å². The van der Waals surface area contributed by atoms with Gasteiger partial charge < -0.3 is 33.9 Å². The van der Waals surface area contributed by atoms with E-state index in [2.05, 4.69) is 16.8 Å². The fourth-order valence-corrected chi connectivity index (χ4v) is 5.89. The van der Waals surface area contributed by atoms with Crippen LogP contribution in [0.15, 0.2) is 30.5 Å². The molecule has 9 nitrogen and oxygen atoms in total. The Morgan fingerprint density at radius 2 is 1.95 bits per heavy atom. The summed E-state index contributed by atoms with van der Waals surface area (Å²) in [4.78, 5) is 19.8. The first-order valence-electron chi connectivity index (χ1n) is 13.7. The molecule has 2 aromatic rings. The van der Waals surface area contributed by atoms with Crippen molar-refractivity contribution in [2.24, 2.45) is 11.8 Å². The molecule has 4 rings (SSSR count). The van der Waals surface area contributed by atoms with Gasteiger partial charge in [-0.25, -0.2) is 9.37 Å². The summed E-state index contributed by atoms with van der Waals surface area (Å²) in [7, 11) is 3.21. The lowest BCUT2D eigenvalue weighted by Crippen LogP contribution is -2.44. The van der Waals surface area contributed by atoms with Crippen molar-refractivity contribution in [2.75, 3.05) is 56.9 Å². The average Bonchev–Trinajstić information content (AvgIpc) is 3.22. The van der Waals surface area contributed by atoms with Crippen molar-refractivity contribution in [3.8, 4) is 11.6 Å². The highest BCUT2D eigenvalue weighted by molar-refractivity contribution is 6.33. The monoisotopic (exact) mass is 579 g/mol. The second-order valence-corrected chi connectivity index (χ2v) is 11.0. The molecule has 2 saturated heterocycles. The fraction of sp³-hybridized carbons (Fsp3) is 0.586. The van der Waals surface area contributed by atoms with E-state index >= 15 is 4.39 Å². The van der Waals surface area contributed by atoms with Crippen LogP contribution in [0.25, 0.3) is 0 Å². The van der Waals surface area contributed by atoms with Gasteiger partial charge in [-0.2, -0.15) is 0 Å². The molecule has 5 unspecified atom stereocenters. The Balaban J connectivity index is 1.42. The lowest BCUT2D eigenvalue weighted by atomic mass is 9.96. The van der Waals surface area contributed by atoms with Crippen molar-refractivity contribution in [3.63, 3.8) is 0 Å². The number of anilines is 2. The Morgan fingerprint density at radius 3 is 2.62 bits per heavy atom. The van der Waals surface area contributed by atoms with Crippen molar-refractivity contribution in [3.05, 3.63) is 41.3 Å². The number of carboxylic acid groups (broad SMARTS) is 1. The predicted molar refractivity (Wildman–Crippen MR) is 151 cm³/mol. The van der Waals surface area contributed by atoms with Crippen LogP contribution in [0, 0.1) is 17.7 Å². The number of ether oxygens (including phenoxy) is 4. The maximum Gasteiger partial charge on any atom is 0.305 e. The van der Waals surface area contributed by atoms with Gasteiger partial charge in [-0.3, -0.25) is 4.79 Å². The van der Waals surface area contributed by atoms with Gasteiger partial charge >= 0.3 is 5.97 Å². The number of rotatable bonds is 12. The van der Waals surface area contributed by atoms with Crippen LogP contribution in [0.3, 0.4) is 0 Å². The molecule has 0 aliphatic carbocycles. The maximum atomic E-state index is 15.5. The number of nitrogens with zero attached hydrogens (tertiary/aromatic N) is 3. The van der Waals surface area contributed by atoms with E-state index in [1.807, 2.05) is 17.9 Å². The third kappa shape index (κ3) is 7.08. The zero-order valence-electron chi connectivity index (χ0n) is 23.5. The number of aromatic nitrogens is 1. The number of benzene rings is 1. The zero-order valence-corrected chi connectivity index (χ0v) is 24.3. The van der Waals surface area contributed by atoms with E-state index < -0.39 is 11.8 Å². The molecule has 0 bridgehead atoms. The van der Waals surface area contributed by atoms with Gasteiger partial charge in [-0.1, -0.05) is 25.4 Å². The van der Waals surface area contributed by atoms with Gasteiger partial charge in [0.2, 0.25) is 5.88 Å². The third-order valence-corrected chi connectivity index (χ3v) is 8.17. The highest BCUT2D eigenvalue weighted by atomic mass is 35.5. The van der Waals surface area contributed by atoms with Gasteiger partial charge in [-0.05, 0) is 18.6 Å². The lowest BCUT2D eigenvalue weighted by molar-refractivity contribution is -0.137. The van der Waals surface area contributed by atoms with Crippen LogP contribution in [0.1, 0.15) is 33.1 Å². The minimum absolute atomic E-state index is 0.0751. The van der Waals surface area contributed by atoms with Crippen LogP contribution in [0.5, 0.6) is 11.6 Å². The molecular formula is C29H39ClFN3O6. The van der Waals surface area contributed by atoms with Crippen LogP contribution >= 0.6 is 11.6 Å². The van der Waals surface area contributed by atoms with Crippen LogP contribution in [0.4, 0.5) is 15.8 Å². The molecule has 220 valence electrons. The quantitative estimate of drug-likeness (QED) is 0.352. The van der Waals surface area contributed by atoms with Gasteiger partial charge in [0.15, 0.2) is 0 Å². The van der Waals surface area contributed by atoms with Gasteiger partial charge in [0.05, 0.1) is 42.2 Å². The Labute approximate surface area is 240 Å². The second kappa shape index (κ2) is 13.7. The minimum atomic E-state index is -0.922. The van der Waals surface area contributed by atoms with Crippen LogP contribution in [0.2, 0.25) is 5.02 Å². The van der Waals surface area contributed by atoms with E-state index in [4.69, 9.17) is 30.5 Å². The van der Waals surface area contributed by atoms with Crippen molar-refractivity contribution < 1.29 is 33.2 Å². The fourth-order valence-electron chi connectivity index (χ4n) is 5.67. The van der Waals surface area contributed by atoms with E-state index in [0.29, 0.717) is 48.6 Å². The number of hydrogen-bond donors (Lipinski definition) is 1. The first-order valence-corrected chi connectivity index (χ1v) is 14.1. The molecule has 2 fully saturated rings. The van der Waals surface area contributed by atoms with E-state index in [1.165, 1.54) is 6.07 Å². The molecule has 1 aromatic carbocycles. The van der Waals surface area contributed by atoms with Gasteiger partial charge in [0, 0.05) is 76.4 Å². The normalized spacial score (nSPS) is 24.8. The molecule has 1 aromatic heterocycles. The van der Waals surface area contributed by atoms with Crippen LogP contribution < -0.4 is 19.3 Å². The topological polar surface area (TPSA) is 93.6 Å². The molecule has 0 spiro atoms. The number of carbonyl (C=O) groups is 1. The summed E-state index contributed by atoms with van der Waals surface area (Å²) in [6, 6.07) is 6.29. The third-order valence-electron chi connectivity index (χ3n) is 7.88. The smallest absolute Gasteiger partial charge is 0.305 e. The molecule has 0 amide bonds. The van der Waals surface area contributed by atoms with Crippen LogP contribution in [-0.4, -0.2) is 81.4 Å².